The SMILES string of the molecule is Cc1cc(F)ccc1COCc1ccc(N)cc1. The van der Waals surface area contributed by atoms with Gasteiger partial charge in [-0.25, -0.2) is 4.39 Å². The maximum atomic E-state index is 12.9. The summed E-state index contributed by atoms with van der Waals surface area (Å²) < 4.78 is 18.5. The van der Waals surface area contributed by atoms with E-state index < -0.39 is 0 Å². The number of halogens is 1. The summed E-state index contributed by atoms with van der Waals surface area (Å²) in [5.41, 5.74) is 9.34. The highest BCUT2D eigenvalue weighted by atomic mass is 19.1. The van der Waals surface area contributed by atoms with E-state index >= 15 is 0 Å². The topological polar surface area (TPSA) is 35.2 Å². The summed E-state index contributed by atoms with van der Waals surface area (Å²) in [6.45, 7) is 2.89. The summed E-state index contributed by atoms with van der Waals surface area (Å²) >= 11 is 0. The maximum Gasteiger partial charge on any atom is 0.123 e. The summed E-state index contributed by atoms with van der Waals surface area (Å²) in [6.07, 6.45) is 0. The second-order valence-electron chi connectivity index (χ2n) is 4.31. The number of nitrogens with two attached hydrogens (primary N) is 1. The summed E-state index contributed by atoms with van der Waals surface area (Å²) in [6, 6.07) is 12.3. The molecule has 0 aliphatic carbocycles. The molecule has 0 spiro atoms. The second-order valence-corrected chi connectivity index (χ2v) is 4.31. The van der Waals surface area contributed by atoms with Gasteiger partial charge in [0.25, 0.3) is 0 Å². The van der Waals surface area contributed by atoms with E-state index in [1.54, 1.807) is 6.07 Å². The van der Waals surface area contributed by atoms with Crippen molar-refractivity contribution in [3.05, 3.63) is 65.0 Å². The van der Waals surface area contributed by atoms with E-state index in [4.69, 9.17) is 10.5 Å². The molecule has 0 saturated heterocycles. The summed E-state index contributed by atoms with van der Waals surface area (Å²) in [4.78, 5) is 0. The molecule has 0 saturated carbocycles. The molecule has 2 aromatic rings. The van der Waals surface area contributed by atoms with Gasteiger partial charge in [0.1, 0.15) is 5.82 Å². The van der Waals surface area contributed by atoms with Gasteiger partial charge in [0.2, 0.25) is 0 Å². The van der Waals surface area contributed by atoms with Crippen molar-refractivity contribution in [3.63, 3.8) is 0 Å². The Labute approximate surface area is 106 Å². The Morgan fingerprint density at radius 1 is 1.06 bits per heavy atom. The van der Waals surface area contributed by atoms with Crippen molar-refractivity contribution in [1.82, 2.24) is 0 Å². The molecule has 2 N–H and O–H groups in total. The lowest BCUT2D eigenvalue weighted by molar-refractivity contribution is 0.107. The van der Waals surface area contributed by atoms with Crippen LogP contribution in [0.25, 0.3) is 0 Å². The highest BCUT2D eigenvalue weighted by molar-refractivity contribution is 5.39. The van der Waals surface area contributed by atoms with Crippen molar-refractivity contribution in [3.8, 4) is 0 Å². The third-order valence-electron chi connectivity index (χ3n) is 2.81. The van der Waals surface area contributed by atoms with Crippen LogP contribution in [-0.4, -0.2) is 0 Å². The molecular formula is C15H16FNO. The highest BCUT2D eigenvalue weighted by Crippen LogP contribution is 2.13. The minimum absolute atomic E-state index is 0.213. The molecule has 2 nitrogen and oxygen atoms in total. The van der Waals surface area contributed by atoms with Gasteiger partial charge in [-0.15, -0.1) is 0 Å². The minimum Gasteiger partial charge on any atom is -0.399 e. The highest BCUT2D eigenvalue weighted by Gasteiger charge is 2.00. The van der Waals surface area contributed by atoms with Crippen LogP contribution in [0, 0.1) is 12.7 Å². The Kier molecular flexibility index (Phi) is 3.95. The number of aryl methyl sites for hydroxylation is 1. The van der Waals surface area contributed by atoms with Crippen LogP contribution in [0.15, 0.2) is 42.5 Å². The van der Waals surface area contributed by atoms with E-state index in [9.17, 15) is 4.39 Å². The van der Waals surface area contributed by atoms with Gasteiger partial charge in [-0.1, -0.05) is 18.2 Å². The molecule has 0 amide bonds. The normalized spacial score (nSPS) is 10.6. The van der Waals surface area contributed by atoms with Gasteiger partial charge in [0.15, 0.2) is 0 Å². The van der Waals surface area contributed by atoms with Gasteiger partial charge in [-0.2, -0.15) is 0 Å². The number of hydrogen-bond acceptors (Lipinski definition) is 2. The molecule has 0 radical (unpaired) electrons. The van der Waals surface area contributed by atoms with E-state index in [-0.39, 0.29) is 5.82 Å². The van der Waals surface area contributed by atoms with Crippen molar-refractivity contribution in [1.29, 1.82) is 0 Å². The molecule has 2 aromatic carbocycles. The first-order valence-electron chi connectivity index (χ1n) is 5.82. The average molecular weight is 245 g/mol. The van der Waals surface area contributed by atoms with E-state index in [2.05, 4.69) is 0 Å². The van der Waals surface area contributed by atoms with Crippen molar-refractivity contribution >= 4 is 5.69 Å². The third-order valence-corrected chi connectivity index (χ3v) is 2.81. The fourth-order valence-corrected chi connectivity index (χ4v) is 1.71. The molecule has 0 atom stereocenters. The summed E-state index contributed by atoms with van der Waals surface area (Å²) in [5.74, 6) is -0.213. The van der Waals surface area contributed by atoms with Gasteiger partial charge in [-0.3, -0.25) is 0 Å². The molecule has 0 aliphatic rings. The van der Waals surface area contributed by atoms with E-state index in [1.807, 2.05) is 31.2 Å². The molecule has 0 heterocycles. The molecule has 94 valence electrons. The largest absolute Gasteiger partial charge is 0.399 e. The monoisotopic (exact) mass is 245 g/mol. The van der Waals surface area contributed by atoms with Crippen LogP contribution in [0.3, 0.4) is 0 Å². The fraction of sp³-hybridized carbons (Fsp3) is 0.200. The predicted octanol–water partition coefficient (Wildman–Crippen LogP) is 3.43. The maximum absolute atomic E-state index is 12.9. The van der Waals surface area contributed by atoms with Crippen molar-refractivity contribution < 1.29 is 9.13 Å². The minimum atomic E-state index is -0.213. The Morgan fingerprint density at radius 2 is 1.78 bits per heavy atom. The molecule has 18 heavy (non-hydrogen) atoms. The zero-order valence-corrected chi connectivity index (χ0v) is 10.3. The van der Waals surface area contributed by atoms with E-state index in [1.165, 1.54) is 12.1 Å². The number of ether oxygens (including phenoxy) is 1. The Balaban J connectivity index is 1.90. The van der Waals surface area contributed by atoms with Crippen LogP contribution in [0.2, 0.25) is 0 Å². The van der Waals surface area contributed by atoms with Crippen LogP contribution in [0.5, 0.6) is 0 Å². The smallest absolute Gasteiger partial charge is 0.123 e. The lowest BCUT2D eigenvalue weighted by Gasteiger charge is -2.07. The van der Waals surface area contributed by atoms with Gasteiger partial charge < -0.3 is 10.5 Å². The van der Waals surface area contributed by atoms with E-state index in [0.717, 1.165) is 22.4 Å². The van der Waals surface area contributed by atoms with Gasteiger partial charge in [0, 0.05) is 5.69 Å². The Hall–Kier alpha value is -1.87. The van der Waals surface area contributed by atoms with Crippen LogP contribution < -0.4 is 5.73 Å². The first-order valence-corrected chi connectivity index (χ1v) is 5.82. The lowest BCUT2D eigenvalue weighted by Crippen LogP contribution is -1.97. The summed E-state index contributed by atoms with van der Waals surface area (Å²) in [7, 11) is 0. The van der Waals surface area contributed by atoms with Crippen LogP contribution >= 0.6 is 0 Å². The molecule has 0 unspecified atom stereocenters. The zero-order valence-electron chi connectivity index (χ0n) is 10.3. The van der Waals surface area contributed by atoms with Crippen molar-refractivity contribution in [2.24, 2.45) is 0 Å². The number of hydrogen-bond donors (Lipinski definition) is 1. The van der Waals surface area contributed by atoms with Crippen LogP contribution in [-0.2, 0) is 18.0 Å². The van der Waals surface area contributed by atoms with Gasteiger partial charge >= 0.3 is 0 Å². The quantitative estimate of drug-likeness (QED) is 0.837. The lowest BCUT2D eigenvalue weighted by atomic mass is 10.1. The number of benzene rings is 2. The summed E-state index contributed by atoms with van der Waals surface area (Å²) in [5, 5.41) is 0. The molecule has 3 heteroatoms. The van der Waals surface area contributed by atoms with Gasteiger partial charge in [-0.05, 0) is 47.9 Å². The molecule has 2 rings (SSSR count). The molecular weight excluding hydrogens is 229 g/mol. The fourth-order valence-electron chi connectivity index (χ4n) is 1.71. The standard InChI is InChI=1S/C15H16FNO/c1-11-8-14(16)5-4-13(11)10-18-9-12-2-6-15(17)7-3-12/h2-8H,9-10,17H2,1H3. The van der Waals surface area contributed by atoms with Gasteiger partial charge in [0.05, 0.1) is 13.2 Å². The van der Waals surface area contributed by atoms with Crippen LogP contribution in [0.1, 0.15) is 16.7 Å². The Bertz CT molecular complexity index is 523. The predicted molar refractivity (Wildman–Crippen MR) is 70.5 cm³/mol. The zero-order chi connectivity index (χ0) is 13.0. The van der Waals surface area contributed by atoms with Crippen molar-refractivity contribution in [2.45, 2.75) is 20.1 Å². The van der Waals surface area contributed by atoms with Crippen LogP contribution in [0.4, 0.5) is 10.1 Å². The second kappa shape index (κ2) is 5.65. The number of nitrogen functional groups attached to an aromatic ring is 1. The average Bonchev–Trinajstić information content (AvgIpc) is 2.34. The first-order chi connectivity index (χ1) is 8.65. The molecule has 0 aliphatic heterocycles. The Morgan fingerprint density at radius 3 is 2.44 bits per heavy atom. The first kappa shape index (κ1) is 12.6. The third kappa shape index (κ3) is 3.31. The molecule has 0 aromatic heterocycles. The van der Waals surface area contributed by atoms with E-state index in [0.29, 0.717) is 13.2 Å². The number of anilines is 1. The molecule has 0 fully saturated rings. The van der Waals surface area contributed by atoms with Crippen molar-refractivity contribution in [2.75, 3.05) is 5.73 Å². The molecule has 0 bridgehead atoms. The number of rotatable bonds is 4.